The van der Waals surface area contributed by atoms with E-state index in [0.717, 1.165) is 32.2 Å². The molecule has 1 N–H and O–H groups in total. The monoisotopic (exact) mass is 299 g/mol. The van der Waals surface area contributed by atoms with Gasteiger partial charge in [-0.2, -0.15) is 0 Å². The summed E-state index contributed by atoms with van der Waals surface area (Å²) in [5.74, 6) is 1.39. The Labute approximate surface area is 124 Å². The van der Waals surface area contributed by atoms with Gasteiger partial charge in [0.15, 0.2) is 0 Å². The van der Waals surface area contributed by atoms with E-state index in [4.69, 9.17) is 27.9 Å². The van der Waals surface area contributed by atoms with E-state index in [9.17, 15) is 0 Å². The molecule has 2 fully saturated rings. The van der Waals surface area contributed by atoms with Gasteiger partial charge in [-0.1, -0.05) is 29.3 Å². The van der Waals surface area contributed by atoms with Crippen LogP contribution in [-0.4, -0.2) is 26.3 Å². The van der Waals surface area contributed by atoms with Crippen LogP contribution in [0.3, 0.4) is 0 Å². The number of nitrogens with one attached hydrogen (secondary N) is 1. The Balaban J connectivity index is 1.93. The molecule has 3 rings (SSSR count). The van der Waals surface area contributed by atoms with Crippen molar-refractivity contribution in [3.05, 3.63) is 33.8 Å². The molecule has 0 spiro atoms. The number of benzene rings is 1. The number of halogens is 2. The predicted molar refractivity (Wildman–Crippen MR) is 79.1 cm³/mol. The van der Waals surface area contributed by atoms with E-state index < -0.39 is 0 Å². The minimum absolute atomic E-state index is 0.147. The average Bonchev–Trinajstić information content (AvgIpc) is 3.09. The third kappa shape index (κ3) is 2.19. The van der Waals surface area contributed by atoms with Gasteiger partial charge in [-0.15, -0.1) is 0 Å². The molecule has 1 aromatic rings. The molecule has 0 aromatic heterocycles. The van der Waals surface area contributed by atoms with Crippen molar-refractivity contribution in [2.75, 3.05) is 26.3 Å². The summed E-state index contributed by atoms with van der Waals surface area (Å²) in [6.45, 7) is 5.79. The Kier molecular flexibility index (Phi) is 3.78. The highest BCUT2D eigenvalue weighted by molar-refractivity contribution is 6.42. The minimum atomic E-state index is 0.147. The van der Waals surface area contributed by atoms with Crippen molar-refractivity contribution in [2.24, 2.45) is 11.8 Å². The van der Waals surface area contributed by atoms with Crippen molar-refractivity contribution in [2.45, 2.75) is 18.8 Å². The van der Waals surface area contributed by atoms with E-state index in [2.05, 4.69) is 11.4 Å². The number of ether oxygens (including phenoxy) is 1. The lowest BCUT2D eigenvalue weighted by Crippen LogP contribution is -2.25. The van der Waals surface area contributed by atoms with Crippen molar-refractivity contribution < 1.29 is 4.74 Å². The zero-order valence-corrected chi connectivity index (χ0v) is 12.6. The molecule has 2 aliphatic rings. The molecule has 104 valence electrons. The van der Waals surface area contributed by atoms with E-state index in [0.29, 0.717) is 16.0 Å². The van der Waals surface area contributed by atoms with Crippen LogP contribution < -0.4 is 5.32 Å². The topological polar surface area (TPSA) is 21.3 Å². The zero-order valence-electron chi connectivity index (χ0n) is 11.1. The largest absolute Gasteiger partial charge is 0.381 e. The Morgan fingerprint density at radius 2 is 2.16 bits per heavy atom. The average molecular weight is 300 g/mol. The standard InChI is InChI=1S/C15H19Cl2NO/c1-2-19-9-15(11-5-6-18-8-12(11)15)10-3-4-13(16)14(17)7-10/h3-4,7,11-12,18H,2,5-6,8-9H2,1H3/t11-,12+,15+/m1/s1. The molecule has 19 heavy (non-hydrogen) atoms. The molecular weight excluding hydrogens is 281 g/mol. The summed E-state index contributed by atoms with van der Waals surface area (Å²) < 4.78 is 5.77. The number of fused-ring (bicyclic) bond motifs is 1. The first kappa shape index (κ1) is 13.7. The highest BCUT2D eigenvalue weighted by Crippen LogP contribution is 2.62. The van der Waals surface area contributed by atoms with Crippen molar-refractivity contribution >= 4 is 23.2 Å². The van der Waals surface area contributed by atoms with Crippen molar-refractivity contribution in [1.82, 2.24) is 5.32 Å². The molecule has 0 radical (unpaired) electrons. The molecule has 1 aliphatic carbocycles. The van der Waals surface area contributed by atoms with Crippen LogP contribution >= 0.6 is 23.2 Å². The van der Waals surface area contributed by atoms with Crippen LogP contribution in [0.1, 0.15) is 18.9 Å². The SMILES string of the molecule is CCOC[C@]1(c2ccc(Cl)c(Cl)c2)[C@@H]2CCNC[C@@H]21. The summed E-state index contributed by atoms with van der Waals surface area (Å²) in [4.78, 5) is 0. The summed E-state index contributed by atoms with van der Waals surface area (Å²) in [7, 11) is 0. The van der Waals surface area contributed by atoms with Gasteiger partial charge >= 0.3 is 0 Å². The fourth-order valence-corrected chi connectivity index (χ4v) is 3.98. The maximum atomic E-state index is 6.19. The lowest BCUT2D eigenvalue weighted by atomic mass is 9.92. The number of hydrogen-bond acceptors (Lipinski definition) is 2. The first-order chi connectivity index (χ1) is 9.20. The Morgan fingerprint density at radius 3 is 2.79 bits per heavy atom. The normalized spacial score (nSPS) is 33.0. The molecule has 0 amide bonds. The number of rotatable bonds is 4. The smallest absolute Gasteiger partial charge is 0.0595 e. The molecule has 0 bridgehead atoms. The van der Waals surface area contributed by atoms with Gasteiger partial charge in [-0.25, -0.2) is 0 Å². The van der Waals surface area contributed by atoms with E-state index in [-0.39, 0.29) is 5.41 Å². The molecule has 2 nitrogen and oxygen atoms in total. The van der Waals surface area contributed by atoms with Crippen LogP contribution in [0.25, 0.3) is 0 Å². The first-order valence-corrected chi connectivity index (χ1v) is 7.69. The second-order valence-corrected chi connectivity index (χ2v) is 6.33. The van der Waals surface area contributed by atoms with Gasteiger partial charge in [-0.3, -0.25) is 0 Å². The van der Waals surface area contributed by atoms with Crippen molar-refractivity contribution in [3.63, 3.8) is 0 Å². The van der Waals surface area contributed by atoms with E-state index >= 15 is 0 Å². The van der Waals surface area contributed by atoms with Crippen LogP contribution in [0.5, 0.6) is 0 Å². The van der Waals surface area contributed by atoms with Gasteiger partial charge in [0.1, 0.15) is 0 Å². The molecule has 1 aliphatic heterocycles. The lowest BCUT2D eigenvalue weighted by Gasteiger charge is -2.19. The summed E-state index contributed by atoms with van der Waals surface area (Å²) in [5.41, 5.74) is 1.43. The quantitative estimate of drug-likeness (QED) is 0.919. The van der Waals surface area contributed by atoms with Crippen LogP contribution in [0.2, 0.25) is 10.0 Å². The van der Waals surface area contributed by atoms with E-state index in [1.54, 1.807) is 0 Å². The van der Waals surface area contributed by atoms with Crippen LogP contribution in [0, 0.1) is 11.8 Å². The molecule has 1 heterocycles. The van der Waals surface area contributed by atoms with Gasteiger partial charge < -0.3 is 10.1 Å². The van der Waals surface area contributed by atoms with Crippen molar-refractivity contribution in [1.29, 1.82) is 0 Å². The predicted octanol–water partition coefficient (Wildman–Crippen LogP) is 3.51. The van der Waals surface area contributed by atoms with Gasteiger partial charge in [-0.05, 0) is 56.0 Å². The summed E-state index contributed by atoms with van der Waals surface area (Å²) in [6, 6.07) is 6.05. The minimum Gasteiger partial charge on any atom is -0.381 e. The van der Waals surface area contributed by atoms with Gasteiger partial charge in [0.25, 0.3) is 0 Å². The second kappa shape index (κ2) is 5.25. The summed E-state index contributed by atoms with van der Waals surface area (Å²) >= 11 is 12.2. The Hall–Kier alpha value is -0.280. The molecule has 4 heteroatoms. The number of hydrogen-bond donors (Lipinski definition) is 1. The van der Waals surface area contributed by atoms with Crippen molar-refractivity contribution in [3.8, 4) is 0 Å². The second-order valence-electron chi connectivity index (χ2n) is 5.51. The Morgan fingerprint density at radius 1 is 1.32 bits per heavy atom. The molecule has 1 saturated carbocycles. The highest BCUT2D eigenvalue weighted by Gasteiger charge is 2.65. The third-order valence-electron chi connectivity index (χ3n) is 4.70. The molecule has 1 saturated heterocycles. The number of piperidine rings is 1. The van der Waals surface area contributed by atoms with Crippen LogP contribution in [0.4, 0.5) is 0 Å². The molecule has 1 aromatic carbocycles. The van der Waals surface area contributed by atoms with Crippen LogP contribution in [0.15, 0.2) is 18.2 Å². The lowest BCUT2D eigenvalue weighted by molar-refractivity contribution is 0.117. The van der Waals surface area contributed by atoms with Gasteiger partial charge in [0.2, 0.25) is 0 Å². The molecule has 3 atom stereocenters. The van der Waals surface area contributed by atoms with Crippen LogP contribution in [-0.2, 0) is 10.2 Å². The first-order valence-electron chi connectivity index (χ1n) is 6.94. The highest BCUT2D eigenvalue weighted by atomic mass is 35.5. The molecule has 0 unspecified atom stereocenters. The fraction of sp³-hybridized carbons (Fsp3) is 0.600. The summed E-state index contributed by atoms with van der Waals surface area (Å²) in [6.07, 6.45) is 1.22. The maximum absolute atomic E-state index is 6.19. The summed E-state index contributed by atoms with van der Waals surface area (Å²) in [5, 5.41) is 4.76. The van der Waals surface area contributed by atoms with Gasteiger partial charge in [0.05, 0.1) is 16.7 Å². The molecular formula is C15H19Cl2NO. The maximum Gasteiger partial charge on any atom is 0.0595 e. The van der Waals surface area contributed by atoms with E-state index in [1.807, 2.05) is 19.1 Å². The Bertz CT molecular complexity index is 465. The third-order valence-corrected chi connectivity index (χ3v) is 5.44. The van der Waals surface area contributed by atoms with E-state index in [1.165, 1.54) is 12.0 Å². The fourth-order valence-electron chi connectivity index (χ4n) is 3.68. The van der Waals surface area contributed by atoms with Gasteiger partial charge in [0, 0.05) is 12.0 Å². The zero-order chi connectivity index (χ0) is 13.5.